The van der Waals surface area contributed by atoms with Gasteiger partial charge in [0, 0.05) is 5.69 Å². The predicted octanol–water partition coefficient (Wildman–Crippen LogP) is 2.75. The smallest absolute Gasteiger partial charge is 0.360 e. The minimum absolute atomic E-state index is 0.0148. The lowest BCUT2D eigenvalue weighted by Crippen LogP contribution is -2.41. The van der Waals surface area contributed by atoms with E-state index in [1.807, 2.05) is 0 Å². The Morgan fingerprint density at radius 1 is 1.26 bits per heavy atom. The van der Waals surface area contributed by atoms with Gasteiger partial charge >= 0.3 is 6.18 Å². The Bertz CT molecular complexity index is 950. The van der Waals surface area contributed by atoms with Gasteiger partial charge in [0.1, 0.15) is 16.4 Å². The lowest BCUT2D eigenvalue weighted by atomic mass is 10.1. The summed E-state index contributed by atoms with van der Waals surface area (Å²) >= 11 is 0. The topological polar surface area (TPSA) is 101 Å². The number of carbonyl (C=O) groups excluding carboxylic acids is 1. The average Bonchev–Trinajstić information content (AvgIpc) is 2.87. The molecule has 0 aliphatic heterocycles. The molecule has 0 spiro atoms. The highest BCUT2D eigenvalue weighted by molar-refractivity contribution is 7.89. The maximum absolute atomic E-state index is 13.3. The highest BCUT2D eigenvalue weighted by atomic mass is 32.2. The minimum atomic E-state index is -4.94. The van der Waals surface area contributed by atoms with E-state index < -0.39 is 39.5 Å². The van der Waals surface area contributed by atoms with E-state index in [2.05, 4.69) is 15.2 Å². The quantitative estimate of drug-likeness (QED) is 0.740. The molecule has 2 rings (SSSR count). The number of aromatic nitrogens is 1. The fourth-order valence-corrected chi connectivity index (χ4v) is 3.81. The van der Waals surface area contributed by atoms with Gasteiger partial charge < -0.3 is 9.84 Å². The summed E-state index contributed by atoms with van der Waals surface area (Å²) in [4.78, 5) is 11.9. The van der Waals surface area contributed by atoms with Crippen LogP contribution in [-0.2, 0) is 21.0 Å². The molecule has 1 heterocycles. The fraction of sp³-hybridized carbons (Fsp3) is 0.333. The number of benzene rings is 1. The largest absolute Gasteiger partial charge is 0.419 e. The fourth-order valence-electron chi connectivity index (χ4n) is 2.27. The summed E-state index contributed by atoms with van der Waals surface area (Å²) in [5.74, 6) is -2.42. The minimum Gasteiger partial charge on any atom is -0.360 e. The van der Waals surface area contributed by atoms with E-state index in [0.717, 1.165) is 6.07 Å². The van der Waals surface area contributed by atoms with Crippen molar-refractivity contribution in [2.75, 3.05) is 5.32 Å². The van der Waals surface area contributed by atoms with Gasteiger partial charge in [-0.25, -0.2) is 12.8 Å². The van der Waals surface area contributed by atoms with Gasteiger partial charge in [0.05, 0.1) is 11.6 Å². The second kappa shape index (κ2) is 7.27. The molecule has 0 aliphatic rings. The SMILES string of the molecule is Cc1noc(C)c1S(=O)(=O)N[C@@H](C)C(=O)Nc1ccc(F)c(C(F)(F)F)c1. The first-order valence-electron chi connectivity index (χ1n) is 7.45. The third-order valence-corrected chi connectivity index (χ3v) is 5.29. The van der Waals surface area contributed by atoms with Crippen LogP contribution in [0.25, 0.3) is 0 Å². The van der Waals surface area contributed by atoms with Crippen molar-refractivity contribution in [3.8, 4) is 0 Å². The summed E-state index contributed by atoms with van der Waals surface area (Å²) in [6.45, 7) is 3.96. The van der Waals surface area contributed by atoms with Crippen LogP contribution in [0.1, 0.15) is 23.9 Å². The van der Waals surface area contributed by atoms with E-state index in [4.69, 9.17) is 4.52 Å². The molecule has 0 aliphatic carbocycles. The van der Waals surface area contributed by atoms with Crippen molar-refractivity contribution < 1.29 is 35.3 Å². The third-order valence-electron chi connectivity index (χ3n) is 3.50. The number of carbonyl (C=O) groups is 1. The van der Waals surface area contributed by atoms with Crippen LogP contribution in [0.3, 0.4) is 0 Å². The number of aryl methyl sites for hydroxylation is 2. The molecule has 0 fully saturated rings. The van der Waals surface area contributed by atoms with Crippen LogP contribution in [0.15, 0.2) is 27.6 Å². The standard InChI is InChI=1S/C15H15F4N3O4S/c1-7-13(9(3)26-21-7)27(24,25)22-8(2)14(23)20-10-4-5-12(16)11(6-10)15(17,18)19/h4-6,8,22H,1-3H3,(H,20,23)/t8-/m0/s1. The molecule has 0 saturated heterocycles. The number of alkyl halides is 3. The Labute approximate surface area is 151 Å². The molecule has 0 unspecified atom stereocenters. The van der Waals surface area contributed by atoms with Crippen LogP contribution in [0.5, 0.6) is 0 Å². The molecule has 7 nitrogen and oxygen atoms in total. The first kappa shape index (κ1) is 20.8. The van der Waals surface area contributed by atoms with Crippen molar-refractivity contribution in [3.05, 3.63) is 41.0 Å². The first-order valence-corrected chi connectivity index (χ1v) is 8.94. The Morgan fingerprint density at radius 3 is 2.41 bits per heavy atom. The van der Waals surface area contributed by atoms with Crippen molar-refractivity contribution >= 4 is 21.6 Å². The van der Waals surface area contributed by atoms with Gasteiger partial charge in [-0.15, -0.1) is 0 Å². The molecule has 0 radical (unpaired) electrons. The molecular weight excluding hydrogens is 394 g/mol. The molecule has 2 N–H and O–H groups in total. The number of hydrogen-bond acceptors (Lipinski definition) is 5. The Hall–Kier alpha value is -2.47. The molecule has 1 amide bonds. The van der Waals surface area contributed by atoms with E-state index in [1.165, 1.54) is 20.8 Å². The number of rotatable bonds is 5. The summed E-state index contributed by atoms with van der Waals surface area (Å²) in [5, 5.41) is 5.61. The first-order chi connectivity index (χ1) is 12.3. The molecular formula is C15H15F4N3O4S. The molecule has 12 heteroatoms. The summed E-state index contributed by atoms with van der Waals surface area (Å²) in [5.41, 5.74) is -1.80. The molecule has 1 aromatic heterocycles. The van der Waals surface area contributed by atoms with E-state index in [1.54, 1.807) is 0 Å². The highest BCUT2D eigenvalue weighted by Gasteiger charge is 2.34. The lowest BCUT2D eigenvalue weighted by Gasteiger charge is -2.15. The zero-order chi connectivity index (χ0) is 20.6. The van der Waals surface area contributed by atoms with Gasteiger partial charge in [-0.1, -0.05) is 5.16 Å². The number of nitrogens with one attached hydrogen (secondary N) is 2. The van der Waals surface area contributed by atoms with Crippen LogP contribution in [0, 0.1) is 19.7 Å². The van der Waals surface area contributed by atoms with E-state index in [9.17, 15) is 30.8 Å². The molecule has 27 heavy (non-hydrogen) atoms. The van der Waals surface area contributed by atoms with Crippen LogP contribution in [0.4, 0.5) is 23.2 Å². The van der Waals surface area contributed by atoms with E-state index in [0.29, 0.717) is 12.1 Å². The highest BCUT2D eigenvalue weighted by Crippen LogP contribution is 2.33. The number of anilines is 1. The molecule has 2 aromatic rings. The number of sulfonamides is 1. The number of amides is 1. The average molecular weight is 409 g/mol. The maximum atomic E-state index is 13.3. The van der Waals surface area contributed by atoms with Gasteiger partial charge in [-0.2, -0.15) is 17.9 Å². The second-order valence-electron chi connectivity index (χ2n) is 5.68. The van der Waals surface area contributed by atoms with Crippen molar-refractivity contribution in [3.63, 3.8) is 0 Å². The molecule has 148 valence electrons. The second-order valence-corrected chi connectivity index (χ2v) is 7.33. The van der Waals surface area contributed by atoms with Crippen LogP contribution < -0.4 is 10.0 Å². The van der Waals surface area contributed by atoms with E-state index >= 15 is 0 Å². The monoisotopic (exact) mass is 409 g/mol. The number of halogens is 4. The normalized spacial score (nSPS) is 13.4. The molecule has 0 bridgehead atoms. The summed E-state index contributed by atoms with van der Waals surface area (Å²) < 4.78 is 83.0. The van der Waals surface area contributed by atoms with Gasteiger partial charge in [0.15, 0.2) is 5.76 Å². The lowest BCUT2D eigenvalue weighted by molar-refractivity contribution is -0.140. The molecule has 0 saturated carbocycles. The zero-order valence-electron chi connectivity index (χ0n) is 14.3. The van der Waals surface area contributed by atoms with Crippen molar-refractivity contribution in [2.24, 2.45) is 0 Å². The van der Waals surface area contributed by atoms with Crippen LogP contribution in [-0.4, -0.2) is 25.5 Å². The maximum Gasteiger partial charge on any atom is 0.419 e. The number of hydrogen-bond donors (Lipinski definition) is 2. The van der Waals surface area contributed by atoms with Gasteiger partial charge in [-0.05, 0) is 39.0 Å². The third kappa shape index (κ3) is 4.63. The molecule has 1 aromatic carbocycles. The Balaban J connectivity index is 2.17. The van der Waals surface area contributed by atoms with Crippen LogP contribution >= 0.6 is 0 Å². The van der Waals surface area contributed by atoms with Crippen molar-refractivity contribution in [2.45, 2.75) is 37.9 Å². The van der Waals surface area contributed by atoms with Crippen molar-refractivity contribution in [1.29, 1.82) is 0 Å². The van der Waals surface area contributed by atoms with Gasteiger partial charge in [0.2, 0.25) is 15.9 Å². The summed E-state index contributed by atoms with van der Waals surface area (Å²) in [7, 11) is -4.16. The zero-order valence-corrected chi connectivity index (χ0v) is 15.1. The van der Waals surface area contributed by atoms with Crippen LogP contribution in [0.2, 0.25) is 0 Å². The van der Waals surface area contributed by atoms with E-state index in [-0.39, 0.29) is 22.0 Å². The predicted molar refractivity (Wildman–Crippen MR) is 85.8 cm³/mol. The Kier molecular flexibility index (Phi) is 5.61. The van der Waals surface area contributed by atoms with Gasteiger partial charge in [-0.3, -0.25) is 4.79 Å². The van der Waals surface area contributed by atoms with Crippen molar-refractivity contribution in [1.82, 2.24) is 9.88 Å². The summed E-state index contributed by atoms with van der Waals surface area (Å²) in [6, 6.07) is 0.556. The number of nitrogens with zero attached hydrogens (tertiary/aromatic N) is 1. The molecule has 1 atom stereocenters. The van der Waals surface area contributed by atoms with Gasteiger partial charge in [0.25, 0.3) is 0 Å². The Morgan fingerprint density at radius 2 is 1.89 bits per heavy atom. The summed E-state index contributed by atoms with van der Waals surface area (Å²) in [6.07, 6.45) is -4.94.